The molecule has 1 heterocycles. The molecule has 0 bridgehead atoms. The monoisotopic (exact) mass is 304 g/mol. The minimum Gasteiger partial charge on any atom is -0.348 e. The van der Waals surface area contributed by atoms with Crippen LogP contribution in [0.1, 0.15) is 29.0 Å². The fourth-order valence-electron chi connectivity index (χ4n) is 1.93. The van der Waals surface area contributed by atoms with Gasteiger partial charge in [-0.15, -0.1) is 0 Å². The van der Waals surface area contributed by atoms with Crippen molar-refractivity contribution in [2.45, 2.75) is 25.8 Å². The van der Waals surface area contributed by atoms with E-state index in [1.165, 1.54) is 6.07 Å². The fourth-order valence-corrected chi connectivity index (χ4v) is 1.93. The van der Waals surface area contributed by atoms with Gasteiger partial charge in [0.25, 0.3) is 5.91 Å². The number of carbonyl (C=O) groups excluding carboxylic acids is 1. The van der Waals surface area contributed by atoms with Crippen LogP contribution in [0.3, 0.4) is 0 Å². The minimum absolute atomic E-state index is 0.159. The molecule has 1 aliphatic rings. The van der Waals surface area contributed by atoms with Gasteiger partial charge in [0.15, 0.2) is 11.6 Å². The molecule has 5 nitrogen and oxygen atoms in total. The Hall–Kier alpha value is -2.57. The van der Waals surface area contributed by atoms with Crippen LogP contribution in [0, 0.1) is 18.6 Å². The highest BCUT2D eigenvalue weighted by atomic mass is 19.2. The Kier molecular flexibility index (Phi) is 3.70. The molecule has 0 aliphatic heterocycles. The first-order valence-electron chi connectivity index (χ1n) is 6.90. The molecular weight excluding hydrogens is 290 g/mol. The fraction of sp³-hybridized carbons (Fsp3) is 0.267. The summed E-state index contributed by atoms with van der Waals surface area (Å²) in [6.45, 7) is 1.73. The summed E-state index contributed by atoms with van der Waals surface area (Å²) in [6.07, 6.45) is 1.96. The zero-order chi connectivity index (χ0) is 15.7. The summed E-state index contributed by atoms with van der Waals surface area (Å²) >= 11 is 0. The van der Waals surface area contributed by atoms with Crippen LogP contribution < -0.4 is 10.6 Å². The first-order chi connectivity index (χ1) is 10.5. The normalized spacial score (nSPS) is 13.8. The second-order valence-corrected chi connectivity index (χ2v) is 5.22. The summed E-state index contributed by atoms with van der Waals surface area (Å²) in [5.41, 5.74) is 1.14. The van der Waals surface area contributed by atoms with Crippen LogP contribution in [0.15, 0.2) is 24.3 Å². The maximum Gasteiger partial charge on any atom is 0.270 e. The molecule has 1 saturated carbocycles. The molecule has 2 aromatic rings. The summed E-state index contributed by atoms with van der Waals surface area (Å²) in [5.74, 6) is -2.00. The van der Waals surface area contributed by atoms with Crippen molar-refractivity contribution in [3.63, 3.8) is 0 Å². The number of rotatable bonds is 4. The van der Waals surface area contributed by atoms with E-state index in [1.807, 2.05) is 0 Å². The van der Waals surface area contributed by atoms with Gasteiger partial charge in [-0.2, -0.15) is 0 Å². The minimum atomic E-state index is -0.968. The van der Waals surface area contributed by atoms with Crippen LogP contribution in [0.4, 0.5) is 20.4 Å². The van der Waals surface area contributed by atoms with Crippen LogP contribution in [-0.4, -0.2) is 21.9 Å². The molecular formula is C15H14F2N4O. The molecule has 0 saturated heterocycles. The maximum atomic E-state index is 13.2. The maximum absolute atomic E-state index is 13.2. The zero-order valence-corrected chi connectivity index (χ0v) is 11.9. The van der Waals surface area contributed by atoms with E-state index in [0.29, 0.717) is 11.4 Å². The van der Waals surface area contributed by atoms with Gasteiger partial charge in [-0.1, -0.05) is 0 Å². The number of anilines is 2. The lowest BCUT2D eigenvalue weighted by molar-refractivity contribution is 0.0946. The summed E-state index contributed by atoms with van der Waals surface area (Å²) in [4.78, 5) is 20.3. The molecule has 1 amide bonds. The molecule has 0 unspecified atom stereocenters. The van der Waals surface area contributed by atoms with Gasteiger partial charge in [0.05, 0.1) is 0 Å². The SMILES string of the molecule is Cc1cc(C(=O)NC2CC2)nc(Nc2ccc(F)c(F)c2)n1. The molecule has 1 fully saturated rings. The summed E-state index contributed by atoms with van der Waals surface area (Å²) in [7, 11) is 0. The van der Waals surface area contributed by atoms with Gasteiger partial charge < -0.3 is 10.6 Å². The van der Waals surface area contributed by atoms with Crippen LogP contribution in [0.5, 0.6) is 0 Å². The third-order valence-corrected chi connectivity index (χ3v) is 3.18. The van der Waals surface area contributed by atoms with Crippen molar-refractivity contribution in [3.8, 4) is 0 Å². The number of benzene rings is 1. The summed E-state index contributed by atoms with van der Waals surface area (Å²) in [6, 6.07) is 5.19. The smallest absolute Gasteiger partial charge is 0.270 e. The Morgan fingerprint density at radius 2 is 1.95 bits per heavy atom. The number of aromatic nitrogens is 2. The van der Waals surface area contributed by atoms with Crippen molar-refractivity contribution < 1.29 is 13.6 Å². The quantitative estimate of drug-likeness (QED) is 0.911. The zero-order valence-electron chi connectivity index (χ0n) is 11.9. The van der Waals surface area contributed by atoms with Gasteiger partial charge in [-0.3, -0.25) is 4.79 Å². The van der Waals surface area contributed by atoms with Crippen LogP contribution in [0.2, 0.25) is 0 Å². The van der Waals surface area contributed by atoms with E-state index in [0.717, 1.165) is 25.0 Å². The van der Waals surface area contributed by atoms with Gasteiger partial charge in [0, 0.05) is 23.5 Å². The Labute approximate surface area is 125 Å². The lowest BCUT2D eigenvalue weighted by Crippen LogP contribution is -2.26. The Morgan fingerprint density at radius 3 is 2.64 bits per heavy atom. The van der Waals surface area contributed by atoms with Crippen molar-refractivity contribution in [2.24, 2.45) is 0 Å². The van der Waals surface area contributed by atoms with E-state index in [-0.39, 0.29) is 23.6 Å². The van der Waals surface area contributed by atoms with E-state index >= 15 is 0 Å². The highest BCUT2D eigenvalue weighted by Gasteiger charge is 2.24. The summed E-state index contributed by atoms with van der Waals surface area (Å²) < 4.78 is 26.1. The van der Waals surface area contributed by atoms with Gasteiger partial charge in [-0.05, 0) is 38.0 Å². The Balaban J connectivity index is 1.81. The molecule has 1 aliphatic carbocycles. The molecule has 1 aromatic carbocycles. The molecule has 114 valence electrons. The number of halogens is 2. The Bertz CT molecular complexity index is 731. The number of nitrogens with zero attached hydrogens (tertiary/aromatic N) is 2. The average Bonchev–Trinajstić information content (AvgIpc) is 3.26. The number of aryl methyl sites for hydroxylation is 1. The molecule has 7 heteroatoms. The molecule has 0 spiro atoms. The largest absolute Gasteiger partial charge is 0.348 e. The van der Waals surface area contributed by atoms with Crippen LogP contribution in [0.25, 0.3) is 0 Å². The summed E-state index contributed by atoms with van der Waals surface area (Å²) in [5, 5.41) is 5.61. The van der Waals surface area contributed by atoms with Gasteiger partial charge in [-0.25, -0.2) is 18.7 Å². The highest BCUT2D eigenvalue weighted by Crippen LogP contribution is 2.20. The van der Waals surface area contributed by atoms with E-state index in [2.05, 4.69) is 20.6 Å². The standard InChI is InChI=1S/C15H14F2N4O/c1-8-6-13(14(22)19-9-2-3-9)21-15(18-8)20-10-4-5-11(16)12(17)7-10/h4-7,9H,2-3H2,1H3,(H,19,22)(H,18,20,21). The molecule has 3 rings (SSSR count). The second kappa shape index (κ2) is 5.67. The first kappa shape index (κ1) is 14.4. The van der Waals surface area contributed by atoms with Crippen molar-refractivity contribution in [1.82, 2.24) is 15.3 Å². The number of nitrogens with one attached hydrogen (secondary N) is 2. The Morgan fingerprint density at radius 1 is 1.18 bits per heavy atom. The van der Waals surface area contributed by atoms with Gasteiger partial charge in [0.1, 0.15) is 5.69 Å². The molecule has 1 aromatic heterocycles. The number of carbonyl (C=O) groups is 1. The highest BCUT2D eigenvalue weighted by molar-refractivity contribution is 5.93. The third-order valence-electron chi connectivity index (χ3n) is 3.18. The van der Waals surface area contributed by atoms with Crippen LogP contribution >= 0.6 is 0 Å². The lowest BCUT2D eigenvalue weighted by atomic mass is 10.3. The first-order valence-corrected chi connectivity index (χ1v) is 6.90. The predicted octanol–water partition coefficient (Wildman–Crippen LogP) is 2.70. The predicted molar refractivity (Wildman–Crippen MR) is 76.9 cm³/mol. The van der Waals surface area contributed by atoms with Crippen molar-refractivity contribution in [1.29, 1.82) is 0 Å². The van der Waals surface area contributed by atoms with E-state index in [4.69, 9.17) is 0 Å². The van der Waals surface area contributed by atoms with Crippen molar-refractivity contribution >= 4 is 17.5 Å². The van der Waals surface area contributed by atoms with E-state index in [1.54, 1.807) is 13.0 Å². The van der Waals surface area contributed by atoms with Crippen molar-refractivity contribution in [3.05, 3.63) is 47.3 Å². The topological polar surface area (TPSA) is 66.9 Å². The molecule has 0 atom stereocenters. The second-order valence-electron chi connectivity index (χ2n) is 5.22. The average molecular weight is 304 g/mol. The van der Waals surface area contributed by atoms with E-state index < -0.39 is 11.6 Å². The number of hydrogen-bond donors (Lipinski definition) is 2. The van der Waals surface area contributed by atoms with Gasteiger partial charge >= 0.3 is 0 Å². The number of hydrogen-bond acceptors (Lipinski definition) is 4. The molecule has 22 heavy (non-hydrogen) atoms. The lowest BCUT2D eigenvalue weighted by Gasteiger charge is -2.08. The molecule has 0 radical (unpaired) electrons. The molecule has 2 N–H and O–H groups in total. The third kappa shape index (κ3) is 3.36. The van der Waals surface area contributed by atoms with Crippen molar-refractivity contribution in [2.75, 3.05) is 5.32 Å². The van der Waals surface area contributed by atoms with E-state index in [9.17, 15) is 13.6 Å². The van der Waals surface area contributed by atoms with Crippen LogP contribution in [-0.2, 0) is 0 Å². The number of amides is 1. The van der Waals surface area contributed by atoms with Gasteiger partial charge in [0.2, 0.25) is 5.95 Å².